The van der Waals surface area contributed by atoms with E-state index in [4.69, 9.17) is 11.6 Å². The van der Waals surface area contributed by atoms with Crippen molar-refractivity contribution in [1.29, 1.82) is 0 Å². The summed E-state index contributed by atoms with van der Waals surface area (Å²) in [5, 5.41) is 0.749. The molecule has 2 aliphatic heterocycles. The number of piperidine rings is 1. The Morgan fingerprint density at radius 2 is 1.67 bits per heavy atom. The second-order valence-electron chi connectivity index (χ2n) is 9.01. The van der Waals surface area contributed by atoms with Gasteiger partial charge in [0.05, 0.1) is 0 Å². The van der Waals surface area contributed by atoms with Gasteiger partial charge < -0.3 is 9.80 Å². The van der Waals surface area contributed by atoms with Crippen molar-refractivity contribution < 1.29 is 9.59 Å². The van der Waals surface area contributed by atoms with Gasteiger partial charge in [-0.05, 0) is 49.3 Å². The molecule has 0 aromatic heterocycles. The van der Waals surface area contributed by atoms with E-state index in [-0.39, 0.29) is 17.2 Å². The number of halogens is 1. The minimum absolute atomic E-state index is 0.0669. The van der Waals surface area contributed by atoms with Crippen LogP contribution in [0.5, 0.6) is 0 Å². The van der Waals surface area contributed by atoms with Crippen LogP contribution in [-0.4, -0.2) is 47.8 Å². The molecule has 2 atom stereocenters. The molecule has 0 spiro atoms. The molecule has 3 aliphatic rings. The molecule has 0 radical (unpaired) electrons. The number of hydrogen-bond donors (Lipinski definition) is 0. The third-order valence-corrected chi connectivity index (χ3v) is 7.12. The van der Waals surface area contributed by atoms with E-state index in [0.717, 1.165) is 56.9 Å². The fourth-order valence-corrected chi connectivity index (χ4v) is 4.79. The van der Waals surface area contributed by atoms with Gasteiger partial charge in [0.2, 0.25) is 11.8 Å². The zero-order valence-electron chi connectivity index (χ0n) is 16.3. The molecule has 1 saturated carbocycles. The molecule has 1 aromatic carbocycles. The van der Waals surface area contributed by atoms with Crippen LogP contribution in [0.15, 0.2) is 24.3 Å². The molecule has 2 heterocycles. The van der Waals surface area contributed by atoms with Gasteiger partial charge in [-0.25, -0.2) is 0 Å². The Bertz CT molecular complexity index is 720. The smallest absolute Gasteiger partial charge is 0.228 e. The standard InChI is InChI=1S/C22H29ClN2O2/c1-15-13-25(14-19(15)16-3-5-18(23)6-4-16)20(26)17-7-11-24(12-8-17)21(27)22(2)9-10-22/h3-6,15,17,19H,7-14H2,1-2H3/t15-,19-/m1/s1. The van der Waals surface area contributed by atoms with Crippen LogP contribution in [0.4, 0.5) is 0 Å². The van der Waals surface area contributed by atoms with Crippen molar-refractivity contribution >= 4 is 23.4 Å². The molecule has 146 valence electrons. The maximum atomic E-state index is 13.1. The first-order valence-corrected chi connectivity index (χ1v) is 10.6. The zero-order valence-corrected chi connectivity index (χ0v) is 17.0. The molecule has 2 amide bonds. The number of carbonyl (C=O) groups is 2. The van der Waals surface area contributed by atoms with E-state index in [0.29, 0.717) is 17.7 Å². The monoisotopic (exact) mass is 388 g/mol. The van der Waals surface area contributed by atoms with Gasteiger partial charge in [0, 0.05) is 48.5 Å². The Morgan fingerprint density at radius 1 is 1.04 bits per heavy atom. The molecule has 0 bridgehead atoms. The molecule has 1 aromatic rings. The van der Waals surface area contributed by atoms with Gasteiger partial charge in [0.15, 0.2) is 0 Å². The molecular formula is C22H29ClN2O2. The third-order valence-electron chi connectivity index (χ3n) is 6.87. The number of likely N-dealkylation sites (tertiary alicyclic amines) is 2. The van der Waals surface area contributed by atoms with Crippen LogP contribution in [0.1, 0.15) is 51.0 Å². The average Bonchev–Trinajstić information content (AvgIpc) is 3.31. The largest absolute Gasteiger partial charge is 0.342 e. The van der Waals surface area contributed by atoms with Gasteiger partial charge in [-0.2, -0.15) is 0 Å². The van der Waals surface area contributed by atoms with Gasteiger partial charge in [-0.15, -0.1) is 0 Å². The Hall–Kier alpha value is -1.55. The Kier molecular flexibility index (Phi) is 4.96. The predicted octanol–water partition coefficient (Wildman–Crippen LogP) is 3.94. The van der Waals surface area contributed by atoms with Crippen LogP contribution >= 0.6 is 11.6 Å². The lowest BCUT2D eigenvalue weighted by molar-refractivity contribution is -0.142. The summed E-state index contributed by atoms with van der Waals surface area (Å²) in [7, 11) is 0. The van der Waals surface area contributed by atoms with Gasteiger partial charge >= 0.3 is 0 Å². The Morgan fingerprint density at radius 3 is 2.26 bits per heavy atom. The number of amides is 2. The summed E-state index contributed by atoms with van der Waals surface area (Å²) in [6.07, 6.45) is 3.64. The van der Waals surface area contributed by atoms with Crippen LogP contribution < -0.4 is 0 Å². The van der Waals surface area contributed by atoms with Gasteiger partial charge in [0.1, 0.15) is 0 Å². The van der Waals surface area contributed by atoms with Crippen molar-refractivity contribution in [2.24, 2.45) is 17.3 Å². The molecule has 4 nitrogen and oxygen atoms in total. The van der Waals surface area contributed by atoms with E-state index in [1.807, 2.05) is 21.9 Å². The Labute approximate surface area is 166 Å². The average molecular weight is 389 g/mol. The molecule has 4 rings (SSSR count). The lowest BCUT2D eigenvalue weighted by atomic mass is 9.90. The molecule has 3 fully saturated rings. The third kappa shape index (κ3) is 3.73. The van der Waals surface area contributed by atoms with E-state index >= 15 is 0 Å². The summed E-state index contributed by atoms with van der Waals surface area (Å²) in [5.41, 5.74) is 1.16. The van der Waals surface area contributed by atoms with E-state index < -0.39 is 0 Å². The SMILES string of the molecule is C[C@@H]1CN(C(=O)C2CCN(C(=O)C3(C)CC3)CC2)C[C@H]1c1ccc(Cl)cc1. The topological polar surface area (TPSA) is 40.6 Å². The molecule has 0 unspecified atom stereocenters. The number of nitrogens with zero attached hydrogens (tertiary/aromatic N) is 2. The predicted molar refractivity (Wildman–Crippen MR) is 107 cm³/mol. The summed E-state index contributed by atoms with van der Waals surface area (Å²) < 4.78 is 0. The number of carbonyl (C=O) groups excluding carboxylic acids is 2. The second-order valence-corrected chi connectivity index (χ2v) is 9.44. The first-order chi connectivity index (χ1) is 12.9. The quantitative estimate of drug-likeness (QED) is 0.786. The van der Waals surface area contributed by atoms with Crippen LogP contribution in [0, 0.1) is 17.3 Å². The van der Waals surface area contributed by atoms with Gasteiger partial charge in [-0.3, -0.25) is 9.59 Å². The van der Waals surface area contributed by atoms with Crippen LogP contribution in [0.25, 0.3) is 0 Å². The van der Waals surface area contributed by atoms with Crippen molar-refractivity contribution in [1.82, 2.24) is 9.80 Å². The molecule has 0 N–H and O–H groups in total. The minimum Gasteiger partial charge on any atom is -0.342 e. The summed E-state index contributed by atoms with van der Waals surface area (Å²) >= 11 is 6.01. The highest BCUT2D eigenvalue weighted by Crippen LogP contribution is 2.47. The van der Waals surface area contributed by atoms with Crippen molar-refractivity contribution in [3.05, 3.63) is 34.9 Å². The van der Waals surface area contributed by atoms with Crippen LogP contribution in [0.3, 0.4) is 0 Å². The van der Waals surface area contributed by atoms with Crippen molar-refractivity contribution in [2.45, 2.75) is 45.4 Å². The number of rotatable bonds is 3. The molecular weight excluding hydrogens is 360 g/mol. The fourth-order valence-electron chi connectivity index (χ4n) is 4.66. The first kappa shape index (κ1) is 18.8. The first-order valence-electron chi connectivity index (χ1n) is 10.2. The second kappa shape index (κ2) is 7.12. The fraction of sp³-hybridized carbons (Fsp3) is 0.636. The van der Waals surface area contributed by atoms with Crippen LogP contribution in [0.2, 0.25) is 5.02 Å². The van der Waals surface area contributed by atoms with E-state index in [9.17, 15) is 9.59 Å². The lowest BCUT2D eigenvalue weighted by Crippen LogP contribution is -2.45. The summed E-state index contributed by atoms with van der Waals surface area (Å²) in [4.78, 5) is 29.6. The lowest BCUT2D eigenvalue weighted by Gasteiger charge is -2.34. The summed E-state index contributed by atoms with van der Waals surface area (Å²) in [5.74, 6) is 1.47. The molecule has 27 heavy (non-hydrogen) atoms. The number of hydrogen-bond acceptors (Lipinski definition) is 2. The number of benzene rings is 1. The van der Waals surface area contributed by atoms with Gasteiger partial charge in [-0.1, -0.05) is 37.6 Å². The molecule has 2 saturated heterocycles. The van der Waals surface area contributed by atoms with Crippen molar-refractivity contribution in [2.75, 3.05) is 26.2 Å². The highest BCUT2D eigenvalue weighted by Gasteiger charge is 2.48. The highest BCUT2D eigenvalue weighted by molar-refractivity contribution is 6.30. The van der Waals surface area contributed by atoms with Gasteiger partial charge in [0.25, 0.3) is 0 Å². The van der Waals surface area contributed by atoms with E-state index in [1.54, 1.807) is 0 Å². The Balaban J connectivity index is 1.34. The van der Waals surface area contributed by atoms with Crippen molar-refractivity contribution in [3.63, 3.8) is 0 Å². The van der Waals surface area contributed by atoms with Crippen molar-refractivity contribution in [3.8, 4) is 0 Å². The highest BCUT2D eigenvalue weighted by atomic mass is 35.5. The minimum atomic E-state index is -0.104. The van der Waals surface area contributed by atoms with Crippen LogP contribution in [-0.2, 0) is 9.59 Å². The maximum Gasteiger partial charge on any atom is 0.228 e. The summed E-state index contributed by atoms with van der Waals surface area (Å²) in [6.45, 7) is 7.37. The molecule has 1 aliphatic carbocycles. The summed E-state index contributed by atoms with van der Waals surface area (Å²) in [6, 6.07) is 8.03. The normalized spacial score (nSPS) is 27.7. The van der Waals surface area contributed by atoms with E-state index in [2.05, 4.69) is 26.0 Å². The molecule has 5 heteroatoms. The maximum absolute atomic E-state index is 13.1. The van der Waals surface area contributed by atoms with E-state index in [1.165, 1.54) is 5.56 Å². The zero-order chi connectivity index (χ0) is 19.2.